The van der Waals surface area contributed by atoms with Crippen LogP contribution < -0.4 is 5.32 Å². The second-order valence-corrected chi connectivity index (χ2v) is 8.70. The van der Waals surface area contributed by atoms with E-state index in [1.54, 1.807) is 41.5 Å². The maximum Gasteiger partial charge on any atom is 0.516 e. The predicted octanol–water partition coefficient (Wildman–Crippen LogP) is 3.34. The van der Waals surface area contributed by atoms with Gasteiger partial charge in [0.1, 0.15) is 17.2 Å². The van der Waals surface area contributed by atoms with E-state index in [2.05, 4.69) is 10.1 Å². The fourth-order valence-electron chi connectivity index (χ4n) is 1.74. The Morgan fingerprint density at radius 3 is 1.89 bits per heavy atom. The molecule has 1 N–H and O–H groups in total. The minimum atomic E-state index is -1.15. The first-order valence-corrected chi connectivity index (χ1v) is 9.19. The fourth-order valence-corrected chi connectivity index (χ4v) is 1.74. The van der Waals surface area contributed by atoms with E-state index in [0.29, 0.717) is 0 Å². The van der Waals surface area contributed by atoms with E-state index in [0.717, 1.165) is 0 Å². The van der Waals surface area contributed by atoms with Gasteiger partial charge >= 0.3 is 24.2 Å². The van der Waals surface area contributed by atoms with Crippen molar-refractivity contribution in [2.75, 3.05) is 6.61 Å². The first-order valence-electron chi connectivity index (χ1n) is 9.19. The summed E-state index contributed by atoms with van der Waals surface area (Å²) in [5.74, 6) is -1.51. The van der Waals surface area contributed by atoms with Crippen LogP contribution in [-0.2, 0) is 28.5 Å². The van der Waals surface area contributed by atoms with E-state index in [9.17, 15) is 19.2 Å². The van der Waals surface area contributed by atoms with Gasteiger partial charge in [0.05, 0.1) is 6.61 Å². The highest BCUT2D eigenvalue weighted by atomic mass is 16.7. The second-order valence-electron chi connectivity index (χ2n) is 8.70. The third kappa shape index (κ3) is 13.8. The summed E-state index contributed by atoms with van der Waals surface area (Å²) in [4.78, 5) is 47.5. The molecule has 0 heterocycles. The maximum atomic E-state index is 12.3. The van der Waals surface area contributed by atoms with Gasteiger partial charge in [-0.15, -0.1) is 0 Å². The van der Waals surface area contributed by atoms with Gasteiger partial charge in [-0.1, -0.05) is 13.8 Å². The first kappa shape index (κ1) is 25.7. The Kier molecular flexibility index (Phi) is 9.97. The average molecular weight is 403 g/mol. The predicted molar refractivity (Wildman–Crippen MR) is 101 cm³/mol. The topological polar surface area (TPSA) is 117 Å². The van der Waals surface area contributed by atoms with E-state index < -0.39 is 41.4 Å². The molecule has 0 aliphatic heterocycles. The third-order valence-electron chi connectivity index (χ3n) is 2.75. The summed E-state index contributed by atoms with van der Waals surface area (Å²) in [5.41, 5.74) is -1.55. The van der Waals surface area contributed by atoms with Gasteiger partial charge in [-0.25, -0.2) is 14.4 Å². The van der Waals surface area contributed by atoms with Crippen molar-refractivity contribution in [2.24, 2.45) is 5.92 Å². The molecule has 0 rings (SSSR count). The summed E-state index contributed by atoms with van der Waals surface area (Å²) in [6.07, 6.45) is -2.37. The van der Waals surface area contributed by atoms with Crippen molar-refractivity contribution in [3.8, 4) is 0 Å². The van der Waals surface area contributed by atoms with Crippen LogP contribution in [0.4, 0.5) is 9.59 Å². The largest absolute Gasteiger partial charge is 0.516 e. The zero-order valence-corrected chi connectivity index (χ0v) is 18.0. The Balaban J connectivity index is 4.83. The van der Waals surface area contributed by atoms with E-state index in [4.69, 9.17) is 14.2 Å². The van der Waals surface area contributed by atoms with Crippen LogP contribution in [0.5, 0.6) is 0 Å². The monoisotopic (exact) mass is 403 g/mol. The number of hydrogen-bond donors (Lipinski definition) is 1. The van der Waals surface area contributed by atoms with Crippen LogP contribution >= 0.6 is 0 Å². The highest BCUT2D eigenvalue weighted by Gasteiger charge is 2.29. The molecule has 0 aromatic rings. The summed E-state index contributed by atoms with van der Waals surface area (Å²) in [7, 11) is 0. The quantitative estimate of drug-likeness (QED) is 0.391. The lowest BCUT2D eigenvalue weighted by Crippen LogP contribution is -2.46. The molecule has 0 unspecified atom stereocenters. The number of esters is 2. The number of rotatable bonds is 7. The molecular weight excluding hydrogens is 370 g/mol. The molecule has 1 atom stereocenters. The van der Waals surface area contributed by atoms with E-state index in [-0.39, 0.29) is 25.4 Å². The molecule has 162 valence electrons. The van der Waals surface area contributed by atoms with Gasteiger partial charge in [0.2, 0.25) is 0 Å². The molecule has 0 aliphatic carbocycles. The van der Waals surface area contributed by atoms with E-state index >= 15 is 0 Å². The lowest BCUT2D eigenvalue weighted by Gasteiger charge is -2.26. The second kappa shape index (κ2) is 10.9. The van der Waals surface area contributed by atoms with Crippen LogP contribution in [-0.4, -0.2) is 48.0 Å². The van der Waals surface area contributed by atoms with Crippen molar-refractivity contribution in [1.82, 2.24) is 5.32 Å². The van der Waals surface area contributed by atoms with Crippen molar-refractivity contribution < 1.29 is 38.1 Å². The van der Waals surface area contributed by atoms with Gasteiger partial charge in [-0.3, -0.25) is 4.79 Å². The van der Waals surface area contributed by atoms with Crippen molar-refractivity contribution in [1.29, 1.82) is 0 Å². The molecule has 0 fully saturated rings. The van der Waals surface area contributed by atoms with Gasteiger partial charge < -0.3 is 24.3 Å². The number of carbonyl (C=O) groups excluding carboxylic acids is 4. The lowest BCUT2D eigenvalue weighted by atomic mass is 10.1. The maximum absolute atomic E-state index is 12.3. The van der Waals surface area contributed by atoms with E-state index in [1.807, 2.05) is 13.8 Å². The highest BCUT2D eigenvalue weighted by molar-refractivity contribution is 5.84. The SMILES string of the molecule is CC(C)COC(=O)OC(=O)CC[C@@H](NC(=O)OC(C)(C)C)C(=O)OC(C)(C)C. The fraction of sp³-hybridized carbons (Fsp3) is 0.789. The Bertz CT molecular complexity index is 557. The number of hydrogen-bond acceptors (Lipinski definition) is 8. The zero-order chi connectivity index (χ0) is 22.1. The average Bonchev–Trinajstić information content (AvgIpc) is 2.45. The normalized spacial score (nSPS) is 12.8. The molecule has 0 saturated heterocycles. The third-order valence-corrected chi connectivity index (χ3v) is 2.75. The summed E-state index contributed by atoms with van der Waals surface area (Å²) >= 11 is 0. The van der Waals surface area contributed by atoms with Crippen LogP contribution in [0.3, 0.4) is 0 Å². The number of ether oxygens (including phenoxy) is 4. The minimum absolute atomic E-state index is 0.0947. The van der Waals surface area contributed by atoms with Crippen LogP contribution in [0.2, 0.25) is 0 Å². The number of alkyl carbamates (subject to hydrolysis) is 1. The standard InChI is InChI=1S/C19H33NO8/c1-12(2)11-25-17(24)26-14(21)10-9-13(15(22)27-18(3,4)5)20-16(23)28-19(6,7)8/h12-13H,9-11H2,1-8H3,(H,20,23)/t13-/m1/s1. The Morgan fingerprint density at radius 2 is 1.43 bits per heavy atom. The molecule has 0 radical (unpaired) electrons. The van der Waals surface area contributed by atoms with Crippen molar-refractivity contribution >= 4 is 24.2 Å². The Morgan fingerprint density at radius 1 is 0.893 bits per heavy atom. The molecule has 9 heteroatoms. The molecule has 1 amide bonds. The molecule has 0 spiro atoms. The van der Waals surface area contributed by atoms with Crippen LogP contribution in [0, 0.1) is 5.92 Å². The van der Waals surface area contributed by atoms with Crippen LogP contribution in [0.25, 0.3) is 0 Å². The summed E-state index contributed by atoms with van der Waals surface area (Å²) in [5, 5.41) is 2.39. The molecular formula is C19H33NO8. The Labute approximate surface area is 166 Å². The summed E-state index contributed by atoms with van der Waals surface area (Å²) < 4.78 is 19.7. The number of carbonyl (C=O) groups is 4. The van der Waals surface area contributed by atoms with Crippen LogP contribution in [0.15, 0.2) is 0 Å². The van der Waals surface area contributed by atoms with Crippen molar-refractivity contribution in [3.05, 3.63) is 0 Å². The van der Waals surface area contributed by atoms with Crippen molar-refractivity contribution in [3.63, 3.8) is 0 Å². The van der Waals surface area contributed by atoms with Gasteiger partial charge in [-0.05, 0) is 53.9 Å². The number of nitrogens with one attached hydrogen (secondary N) is 1. The molecule has 0 saturated carbocycles. The molecule has 0 bridgehead atoms. The van der Waals surface area contributed by atoms with Crippen molar-refractivity contribution in [2.45, 2.75) is 85.5 Å². The molecule has 0 aliphatic rings. The minimum Gasteiger partial charge on any atom is -0.458 e. The summed E-state index contributed by atoms with van der Waals surface area (Å²) in [6.45, 7) is 13.8. The van der Waals surface area contributed by atoms with Gasteiger partial charge in [0.15, 0.2) is 0 Å². The molecule has 9 nitrogen and oxygen atoms in total. The summed E-state index contributed by atoms with van der Waals surface area (Å²) in [6, 6.07) is -1.15. The van der Waals surface area contributed by atoms with Gasteiger partial charge in [-0.2, -0.15) is 0 Å². The molecule has 0 aromatic heterocycles. The van der Waals surface area contributed by atoms with Gasteiger partial charge in [0, 0.05) is 6.42 Å². The zero-order valence-electron chi connectivity index (χ0n) is 18.0. The highest BCUT2D eigenvalue weighted by Crippen LogP contribution is 2.13. The van der Waals surface area contributed by atoms with E-state index in [1.165, 1.54) is 0 Å². The number of amides is 1. The lowest BCUT2D eigenvalue weighted by molar-refractivity contribution is -0.157. The smallest absolute Gasteiger partial charge is 0.458 e. The Hall–Kier alpha value is -2.32. The first-order chi connectivity index (χ1) is 12.6. The molecule has 0 aromatic carbocycles. The van der Waals surface area contributed by atoms with Gasteiger partial charge in [0.25, 0.3) is 0 Å². The van der Waals surface area contributed by atoms with Crippen LogP contribution in [0.1, 0.15) is 68.2 Å². The molecule has 28 heavy (non-hydrogen) atoms.